The number of benzene rings is 2. The van der Waals surface area contributed by atoms with Crippen LogP contribution in [0.4, 0.5) is 5.69 Å². The zero-order valence-corrected chi connectivity index (χ0v) is 19.0. The van der Waals surface area contributed by atoms with Crippen LogP contribution in [0.25, 0.3) is 10.9 Å². The van der Waals surface area contributed by atoms with Crippen molar-refractivity contribution in [2.24, 2.45) is 0 Å². The van der Waals surface area contributed by atoms with Crippen molar-refractivity contribution in [2.75, 3.05) is 4.90 Å². The first-order valence-corrected chi connectivity index (χ1v) is 11.5. The van der Waals surface area contributed by atoms with Gasteiger partial charge in [0.1, 0.15) is 12.4 Å². The van der Waals surface area contributed by atoms with Gasteiger partial charge in [0.2, 0.25) is 5.91 Å². The number of pyridine rings is 2. The second-order valence-electron chi connectivity index (χ2n) is 8.08. The number of hydrogen-bond donors (Lipinski definition) is 0. The van der Waals surface area contributed by atoms with E-state index < -0.39 is 0 Å². The number of anilines is 1. The van der Waals surface area contributed by atoms with Crippen LogP contribution in [0.5, 0.6) is 5.75 Å². The second-order valence-corrected chi connectivity index (χ2v) is 8.08. The molecule has 0 radical (unpaired) electrons. The van der Waals surface area contributed by atoms with Crippen LogP contribution in [-0.4, -0.2) is 15.9 Å². The van der Waals surface area contributed by atoms with Crippen LogP contribution in [0, 0.1) is 0 Å². The van der Waals surface area contributed by atoms with Gasteiger partial charge in [0.05, 0.1) is 17.8 Å². The molecule has 0 atom stereocenters. The molecular formula is C28H29N3O2. The highest BCUT2D eigenvalue weighted by Crippen LogP contribution is 2.23. The molecule has 0 aliphatic heterocycles. The topological polar surface area (TPSA) is 55.3 Å². The normalized spacial score (nSPS) is 10.8. The lowest BCUT2D eigenvalue weighted by molar-refractivity contribution is -0.118. The van der Waals surface area contributed by atoms with E-state index in [4.69, 9.17) is 4.74 Å². The monoisotopic (exact) mass is 439 g/mol. The van der Waals surface area contributed by atoms with E-state index in [1.54, 1.807) is 12.4 Å². The molecule has 0 saturated heterocycles. The third-order valence-corrected chi connectivity index (χ3v) is 5.55. The summed E-state index contributed by atoms with van der Waals surface area (Å²) in [7, 11) is 0. The van der Waals surface area contributed by atoms with Crippen molar-refractivity contribution in [1.29, 1.82) is 0 Å². The summed E-state index contributed by atoms with van der Waals surface area (Å²) >= 11 is 0. The maximum Gasteiger partial charge on any atom is 0.227 e. The predicted octanol–water partition coefficient (Wildman–Crippen LogP) is 6.32. The average molecular weight is 440 g/mol. The fourth-order valence-electron chi connectivity index (χ4n) is 3.73. The number of para-hydroxylation sites is 1. The molecule has 0 fully saturated rings. The molecule has 0 aliphatic carbocycles. The molecule has 5 heteroatoms. The molecule has 1 amide bonds. The lowest BCUT2D eigenvalue weighted by Crippen LogP contribution is -2.30. The first-order chi connectivity index (χ1) is 16.2. The Balaban J connectivity index is 1.44. The molecule has 0 saturated carbocycles. The van der Waals surface area contributed by atoms with Gasteiger partial charge < -0.3 is 9.64 Å². The van der Waals surface area contributed by atoms with E-state index in [9.17, 15) is 4.79 Å². The van der Waals surface area contributed by atoms with Crippen molar-refractivity contribution in [3.63, 3.8) is 0 Å². The minimum Gasteiger partial charge on any atom is -0.487 e. The van der Waals surface area contributed by atoms with Gasteiger partial charge in [-0.05, 0) is 54.4 Å². The van der Waals surface area contributed by atoms with Crippen LogP contribution < -0.4 is 9.64 Å². The second kappa shape index (κ2) is 11.2. The van der Waals surface area contributed by atoms with Gasteiger partial charge in [-0.25, -0.2) is 4.98 Å². The molecule has 2 aromatic heterocycles. The largest absolute Gasteiger partial charge is 0.487 e. The standard InChI is InChI=1S/C28H29N3O2/c1-2-3-4-11-28(32)31(20-22-8-7-18-29-19-22)25-14-16-26(17-15-25)33-21-24-13-12-23-9-5-6-10-27(23)30-24/h5-10,12-19H,2-4,11,20-21H2,1H3. The molecule has 2 aromatic carbocycles. The van der Waals surface area contributed by atoms with Gasteiger partial charge in [-0.3, -0.25) is 9.78 Å². The fraction of sp³-hybridized carbons (Fsp3) is 0.250. The Morgan fingerprint density at radius 3 is 2.58 bits per heavy atom. The lowest BCUT2D eigenvalue weighted by Gasteiger charge is -2.23. The van der Waals surface area contributed by atoms with Gasteiger partial charge >= 0.3 is 0 Å². The van der Waals surface area contributed by atoms with E-state index in [1.807, 2.05) is 71.6 Å². The summed E-state index contributed by atoms with van der Waals surface area (Å²) in [5.74, 6) is 0.870. The molecule has 4 aromatic rings. The predicted molar refractivity (Wildman–Crippen MR) is 132 cm³/mol. The maximum atomic E-state index is 13.0. The Bertz CT molecular complexity index is 1180. The molecule has 2 heterocycles. The number of fused-ring (bicyclic) bond motifs is 1. The summed E-state index contributed by atoms with van der Waals surface area (Å²) in [5, 5.41) is 1.11. The fourth-order valence-corrected chi connectivity index (χ4v) is 3.73. The van der Waals surface area contributed by atoms with Crippen molar-refractivity contribution in [1.82, 2.24) is 9.97 Å². The van der Waals surface area contributed by atoms with Gasteiger partial charge in [0, 0.05) is 29.9 Å². The molecule has 33 heavy (non-hydrogen) atoms. The van der Waals surface area contributed by atoms with Crippen molar-refractivity contribution in [2.45, 2.75) is 45.8 Å². The zero-order chi connectivity index (χ0) is 22.9. The summed E-state index contributed by atoms with van der Waals surface area (Å²) in [6.45, 7) is 3.03. The smallest absolute Gasteiger partial charge is 0.227 e. The lowest BCUT2D eigenvalue weighted by atomic mass is 10.1. The summed E-state index contributed by atoms with van der Waals surface area (Å²) in [5.41, 5.74) is 3.70. The van der Waals surface area contributed by atoms with Gasteiger partial charge in [-0.1, -0.05) is 50.1 Å². The van der Waals surface area contributed by atoms with E-state index in [2.05, 4.69) is 23.0 Å². The molecule has 168 valence electrons. The quantitative estimate of drug-likeness (QED) is 0.271. The van der Waals surface area contributed by atoms with Crippen molar-refractivity contribution in [3.05, 3.63) is 96.4 Å². The highest BCUT2D eigenvalue weighted by Gasteiger charge is 2.16. The first-order valence-electron chi connectivity index (χ1n) is 11.5. The van der Waals surface area contributed by atoms with Gasteiger partial charge in [-0.2, -0.15) is 0 Å². The summed E-state index contributed by atoms with van der Waals surface area (Å²) in [4.78, 5) is 23.7. The van der Waals surface area contributed by atoms with Crippen LogP contribution in [-0.2, 0) is 17.9 Å². The van der Waals surface area contributed by atoms with E-state index in [-0.39, 0.29) is 5.91 Å². The molecule has 4 rings (SSSR count). The number of ether oxygens (including phenoxy) is 1. The molecule has 0 N–H and O–H groups in total. The maximum absolute atomic E-state index is 13.0. The third kappa shape index (κ3) is 6.16. The van der Waals surface area contributed by atoms with Crippen LogP contribution in [0.15, 0.2) is 85.2 Å². The molecule has 5 nitrogen and oxygen atoms in total. The Hall–Kier alpha value is -3.73. The van der Waals surface area contributed by atoms with Crippen molar-refractivity contribution >= 4 is 22.5 Å². The van der Waals surface area contributed by atoms with Crippen LogP contribution in [0.2, 0.25) is 0 Å². The summed E-state index contributed by atoms with van der Waals surface area (Å²) < 4.78 is 5.96. The first kappa shape index (κ1) is 22.5. The molecule has 0 unspecified atom stereocenters. The molecular weight excluding hydrogens is 410 g/mol. The van der Waals surface area contributed by atoms with E-state index in [0.717, 1.165) is 52.9 Å². The van der Waals surface area contributed by atoms with Gasteiger partial charge in [0.15, 0.2) is 0 Å². The summed E-state index contributed by atoms with van der Waals surface area (Å²) in [6.07, 6.45) is 7.14. The Kier molecular flexibility index (Phi) is 7.64. The number of unbranched alkanes of at least 4 members (excludes halogenated alkanes) is 2. The van der Waals surface area contributed by atoms with Crippen LogP contribution in [0.3, 0.4) is 0 Å². The third-order valence-electron chi connectivity index (χ3n) is 5.55. The zero-order valence-electron chi connectivity index (χ0n) is 19.0. The highest BCUT2D eigenvalue weighted by molar-refractivity contribution is 5.93. The van der Waals surface area contributed by atoms with Crippen molar-refractivity contribution in [3.8, 4) is 5.75 Å². The molecule has 0 spiro atoms. The van der Waals surface area contributed by atoms with E-state index in [0.29, 0.717) is 19.6 Å². The van der Waals surface area contributed by atoms with Gasteiger partial charge in [-0.15, -0.1) is 0 Å². The Labute approximate surface area is 195 Å². The van der Waals surface area contributed by atoms with E-state index >= 15 is 0 Å². The highest BCUT2D eigenvalue weighted by atomic mass is 16.5. The van der Waals surface area contributed by atoms with Crippen LogP contribution >= 0.6 is 0 Å². The SMILES string of the molecule is CCCCCC(=O)N(Cc1cccnc1)c1ccc(OCc2ccc3ccccc3n2)cc1. The summed E-state index contributed by atoms with van der Waals surface area (Å²) in [6, 6.07) is 23.7. The van der Waals surface area contributed by atoms with E-state index in [1.165, 1.54) is 0 Å². The molecule has 0 bridgehead atoms. The number of nitrogens with zero attached hydrogens (tertiary/aromatic N) is 3. The van der Waals surface area contributed by atoms with Crippen molar-refractivity contribution < 1.29 is 9.53 Å². The van der Waals surface area contributed by atoms with Crippen LogP contribution in [0.1, 0.15) is 43.9 Å². The average Bonchev–Trinajstić information content (AvgIpc) is 2.87. The Morgan fingerprint density at radius 2 is 1.79 bits per heavy atom. The number of amides is 1. The molecule has 0 aliphatic rings. The number of rotatable bonds is 10. The minimum atomic E-state index is 0.126. The van der Waals surface area contributed by atoms with Gasteiger partial charge in [0.25, 0.3) is 0 Å². The number of hydrogen-bond acceptors (Lipinski definition) is 4. The number of carbonyl (C=O) groups is 1. The minimum absolute atomic E-state index is 0.126. The Morgan fingerprint density at radius 1 is 0.939 bits per heavy atom. The number of carbonyl (C=O) groups excluding carboxylic acids is 1. The number of aromatic nitrogens is 2.